The number of hydrogen-bond donors (Lipinski definition) is 1. The lowest BCUT2D eigenvalue weighted by atomic mass is 10.2. The second kappa shape index (κ2) is 7.79. The molecule has 2 aromatic carbocycles. The molecule has 0 bridgehead atoms. The summed E-state index contributed by atoms with van der Waals surface area (Å²) in [5.74, 6) is 0.800. The Morgan fingerprint density at radius 2 is 1.91 bits per heavy atom. The Balaban J connectivity index is 1.85. The Morgan fingerprint density at radius 3 is 2.61 bits per heavy atom. The molecule has 0 aliphatic carbocycles. The minimum atomic E-state index is -0.540. The molecule has 0 heterocycles. The summed E-state index contributed by atoms with van der Waals surface area (Å²) in [5.41, 5.74) is 0.111. The molecule has 0 saturated carbocycles. The van der Waals surface area contributed by atoms with Crippen molar-refractivity contribution in [3.63, 3.8) is 0 Å². The van der Waals surface area contributed by atoms with Crippen LogP contribution in [0.1, 0.15) is 10.4 Å². The number of hydrogen-bond acceptors (Lipinski definition) is 5. The van der Waals surface area contributed by atoms with Gasteiger partial charge in [-0.25, -0.2) is 0 Å². The van der Waals surface area contributed by atoms with Gasteiger partial charge in [-0.05, 0) is 18.2 Å². The van der Waals surface area contributed by atoms with E-state index in [0.717, 1.165) is 0 Å². The molecule has 1 N–H and O–H groups in total. The summed E-state index contributed by atoms with van der Waals surface area (Å²) < 4.78 is 10.7. The third-order valence-electron chi connectivity index (χ3n) is 3.03. The third-order valence-corrected chi connectivity index (χ3v) is 3.03. The first-order chi connectivity index (χ1) is 11.1. The molecule has 7 heteroatoms. The number of ether oxygens (including phenoxy) is 2. The zero-order chi connectivity index (χ0) is 16.7. The normalized spacial score (nSPS) is 9.96. The van der Waals surface area contributed by atoms with Gasteiger partial charge in [-0.1, -0.05) is 18.2 Å². The molecule has 1 amide bonds. The molecule has 0 aliphatic heterocycles. The first kappa shape index (κ1) is 16.3. The molecule has 7 nitrogen and oxygen atoms in total. The van der Waals surface area contributed by atoms with Crippen molar-refractivity contribution < 1.29 is 19.2 Å². The van der Waals surface area contributed by atoms with E-state index in [4.69, 9.17) is 9.47 Å². The van der Waals surface area contributed by atoms with Gasteiger partial charge in [0.1, 0.15) is 6.61 Å². The molecule has 0 saturated heterocycles. The van der Waals surface area contributed by atoms with Crippen LogP contribution in [0.15, 0.2) is 48.5 Å². The Labute approximate surface area is 133 Å². The maximum Gasteiger partial charge on any atom is 0.270 e. The van der Waals surface area contributed by atoms with Crippen molar-refractivity contribution >= 4 is 11.6 Å². The van der Waals surface area contributed by atoms with Crippen LogP contribution in [0.25, 0.3) is 0 Å². The second-order valence-electron chi connectivity index (χ2n) is 4.56. The van der Waals surface area contributed by atoms with Crippen LogP contribution in [0.4, 0.5) is 5.69 Å². The minimum absolute atomic E-state index is 0.122. The smallest absolute Gasteiger partial charge is 0.270 e. The quantitative estimate of drug-likeness (QED) is 0.481. The SMILES string of the molecule is COc1ccccc1OCCNC(=O)c1cccc([N+](=O)[O-])c1. The van der Waals surface area contributed by atoms with Gasteiger partial charge in [0.15, 0.2) is 11.5 Å². The Morgan fingerprint density at radius 1 is 1.17 bits per heavy atom. The number of non-ortho nitro benzene ring substituents is 1. The van der Waals surface area contributed by atoms with E-state index in [2.05, 4.69) is 5.32 Å². The molecule has 0 radical (unpaired) electrons. The van der Waals surface area contributed by atoms with Crippen molar-refractivity contribution in [2.45, 2.75) is 0 Å². The fourth-order valence-corrected chi connectivity index (χ4v) is 1.93. The van der Waals surface area contributed by atoms with E-state index in [1.54, 1.807) is 19.2 Å². The number of nitro benzene ring substituents is 1. The first-order valence-corrected chi connectivity index (χ1v) is 6.90. The van der Waals surface area contributed by atoms with Crippen molar-refractivity contribution in [3.05, 3.63) is 64.2 Å². The highest BCUT2D eigenvalue weighted by Crippen LogP contribution is 2.25. The van der Waals surface area contributed by atoms with Crippen LogP contribution in [0.2, 0.25) is 0 Å². The van der Waals surface area contributed by atoms with Crippen molar-refractivity contribution in [2.24, 2.45) is 0 Å². The van der Waals surface area contributed by atoms with Gasteiger partial charge in [-0.3, -0.25) is 14.9 Å². The molecule has 0 aliphatic rings. The van der Waals surface area contributed by atoms with E-state index in [0.29, 0.717) is 11.5 Å². The van der Waals surface area contributed by atoms with E-state index in [-0.39, 0.29) is 24.4 Å². The predicted octanol–water partition coefficient (Wildman–Crippen LogP) is 2.41. The molecule has 0 fully saturated rings. The number of nitrogens with zero attached hydrogens (tertiary/aromatic N) is 1. The van der Waals surface area contributed by atoms with Crippen molar-refractivity contribution in [2.75, 3.05) is 20.3 Å². The number of nitrogens with one attached hydrogen (secondary N) is 1. The van der Waals surface area contributed by atoms with E-state index in [1.165, 1.54) is 24.3 Å². The monoisotopic (exact) mass is 316 g/mol. The maximum absolute atomic E-state index is 11.9. The number of amides is 1. The maximum atomic E-state index is 11.9. The summed E-state index contributed by atoms with van der Waals surface area (Å²) in [6.07, 6.45) is 0. The summed E-state index contributed by atoms with van der Waals surface area (Å²) in [6.45, 7) is 0.514. The lowest BCUT2D eigenvalue weighted by molar-refractivity contribution is -0.384. The van der Waals surface area contributed by atoms with E-state index in [1.807, 2.05) is 12.1 Å². The van der Waals surface area contributed by atoms with Gasteiger partial charge in [-0.2, -0.15) is 0 Å². The van der Waals surface area contributed by atoms with Crippen molar-refractivity contribution in [1.29, 1.82) is 0 Å². The molecular weight excluding hydrogens is 300 g/mol. The van der Waals surface area contributed by atoms with E-state index < -0.39 is 10.8 Å². The lowest BCUT2D eigenvalue weighted by Gasteiger charge is -2.10. The van der Waals surface area contributed by atoms with Gasteiger partial charge in [0.25, 0.3) is 11.6 Å². The van der Waals surface area contributed by atoms with Gasteiger partial charge < -0.3 is 14.8 Å². The summed E-state index contributed by atoms with van der Waals surface area (Å²) in [6, 6.07) is 12.7. The van der Waals surface area contributed by atoms with Crippen LogP contribution >= 0.6 is 0 Å². The first-order valence-electron chi connectivity index (χ1n) is 6.90. The topological polar surface area (TPSA) is 90.7 Å². The van der Waals surface area contributed by atoms with Crippen LogP contribution in [0, 0.1) is 10.1 Å². The molecule has 0 atom stereocenters. The number of nitro groups is 1. The molecular formula is C16H16N2O5. The molecule has 120 valence electrons. The lowest BCUT2D eigenvalue weighted by Crippen LogP contribution is -2.28. The van der Waals surface area contributed by atoms with Crippen LogP contribution in [-0.2, 0) is 0 Å². The van der Waals surface area contributed by atoms with Gasteiger partial charge in [-0.15, -0.1) is 0 Å². The third kappa shape index (κ3) is 4.44. The highest BCUT2D eigenvalue weighted by Gasteiger charge is 2.11. The summed E-state index contributed by atoms with van der Waals surface area (Å²) in [5, 5.41) is 13.3. The largest absolute Gasteiger partial charge is 0.493 e. The second-order valence-corrected chi connectivity index (χ2v) is 4.56. The Bertz CT molecular complexity index is 702. The van der Waals surface area contributed by atoms with Crippen molar-refractivity contribution in [1.82, 2.24) is 5.32 Å². The molecule has 0 aromatic heterocycles. The Hall–Kier alpha value is -3.09. The van der Waals surface area contributed by atoms with Gasteiger partial charge >= 0.3 is 0 Å². The molecule has 2 rings (SSSR count). The molecule has 23 heavy (non-hydrogen) atoms. The number of carbonyl (C=O) groups is 1. The van der Waals surface area contributed by atoms with E-state index >= 15 is 0 Å². The zero-order valence-electron chi connectivity index (χ0n) is 12.5. The molecule has 0 unspecified atom stereocenters. The zero-order valence-corrected chi connectivity index (χ0v) is 12.5. The molecule has 2 aromatic rings. The highest BCUT2D eigenvalue weighted by molar-refractivity contribution is 5.94. The number of para-hydroxylation sites is 2. The minimum Gasteiger partial charge on any atom is -0.493 e. The van der Waals surface area contributed by atoms with Crippen LogP contribution in [-0.4, -0.2) is 31.1 Å². The summed E-state index contributed by atoms with van der Waals surface area (Å²) >= 11 is 0. The highest BCUT2D eigenvalue weighted by atomic mass is 16.6. The summed E-state index contributed by atoms with van der Waals surface area (Å²) in [4.78, 5) is 22.1. The predicted molar refractivity (Wildman–Crippen MR) is 83.9 cm³/mol. The van der Waals surface area contributed by atoms with Gasteiger partial charge in [0, 0.05) is 17.7 Å². The average Bonchev–Trinajstić information content (AvgIpc) is 2.59. The Kier molecular flexibility index (Phi) is 5.51. The number of carbonyl (C=O) groups excluding carboxylic acids is 1. The average molecular weight is 316 g/mol. The van der Waals surface area contributed by atoms with Gasteiger partial charge in [0.2, 0.25) is 0 Å². The van der Waals surface area contributed by atoms with Crippen LogP contribution < -0.4 is 14.8 Å². The number of methoxy groups -OCH3 is 1. The van der Waals surface area contributed by atoms with Gasteiger partial charge in [0.05, 0.1) is 18.6 Å². The van der Waals surface area contributed by atoms with E-state index in [9.17, 15) is 14.9 Å². The number of rotatable bonds is 7. The number of benzene rings is 2. The fraction of sp³-hybridized carbons (Fsp3) is 0.188. The standard InChI is InChI=1S/C16H16N2O5/c1-22-14-7-2-3-8-15(14)23-10-9-17-16(19)12-5-4-6-13(11-12)18(20)21/h2-8,11H,9-10H2,1H3,(H,17,19). The molecule has 0 spiro atoms. The van der Waals surface area contributed by atoms with Crippen LogP contribution in [0.5, 0.6) is 11.5 Å². The fourth-order valence-electron chi connectivity index (χ4n) is 1.93. The van der Waals surface area contributed by atoms with Crippen LogP contribution in [0.3, 0.4) is 0 Å². The summed E-state index contributed by atoms with van der Waals surface area (Å²) in [7, 11) is 1.55. The van der Waals surface area contributed by atoms with Crippen molar-refractivity contribution in [3.8, 4) is 11.5 Å².